The first-order valence-corrected chi connectivity index (χ1v) is 11.1. The van der Waals surface area contributed by atoms with Gasteiger partial charge in [0.15, 0.2) is 0 Å². The number of hydrogen-bond acceptors (Lipinski definition) is 3. The van der Waals surface area contributed by atoms with Gasteiger partial charge in [0, 0.05) is 5.56 Å². The second-order valence-corrected chi connectivity index (χ2v) is 10.6. The Balaban J connectivity index is 1.89. The van der Waals surface area contributed by atoms with Crippen molar-refractivity contribution in [3.63, 3.8) is 0 Å². The van der Waals surface area contributed by atoms with Gasteiger partial charge in [-0.2, -0.15) is 13.2 Å². The van der Waals surface area contributed by atoms with E-state index in [1.165, 1.54) is 42.5 Å². The highest BCUT2D eigenvalue weighted by atomic mass is 32.1. The van der Waals surface area contributed by atoms with Crippen LogP contribution in [0, 0.1) is 5.41 Å². The Morgan fingerprint density at radius 3 is 2.32 bits per heavy atom. The lowest BCUT2D eigenvalue weighted by molar-refractivity contribution is -0.210. The number of nitrogens with zero attached hydrogens (tertiary/aromatic N) is 2. The first kappa shape index (κ1) is 21.8. The molecule has 4 aromatic rings. The van der Waals surface area contributed by atoms with Gasteiger partial charge in [-0.05, 0) is 51.2 Å². The lowest BCUT2D eigenvalue weighted by atomic mass is 9.82. The number of rotatable bonds is 3. The fraction of sp³-hybridized carbons (Fsp3) is 0.360. The van der Waals surface area contributed by atoms with Crippen molar-refractivity contribution in [3.8, 4) is 11.3 Å². The van der Waals surface area contributed by atoms with Crippen LogP contribution in [0.4, 0.5) is 13.2 Å². The maximum atomic E-state index is 13.4. The van der Waals surface area contributed by atoms with Gasteiger partial charge in [-0.15, -0.1) is 11.3 Å². The van der Waals surface area contributed by atoms with Crippen LogP contribution < -0.4 is 0 Å². The lowest BCUT2D eigenvalue weighted by Gasteiger charge is -2.27. The van der Waals surface area contributed by atoms with Gasteiger partial charge in [0.1, 0.15) is 6.33 Å². The zero-order chi connectivity index (χ0) is 22.6. The molecule has 0 amide bonds. The van der Waals surface area contributed by atoms with E-state index in [1.54, 1.807) is 5.38 Å². The minimum absolute atomic E-state index is 0.0703. The largest absolute Gasteiger partial charge is 0.394 e. The highest BCUT2D eigenvalue weighted by Crippen LogP contribution is 2.43. The van der Waals surface area contributed by atoms with Crippen LogP contribution in [0.3, 0.4) is 0 Å². The molecule has 0 N–H and O–H groups in total. The first-order valence-electron chi connectivity index (χ1n) is 10.2. The smallest absolute Gasteiger partial charge is 0.235 e. The quantitative estimate of drug-likeness (QED) is 0.322. The van der Waals surface area contributed by atoms with Crippen LogP contribution in [-0.2, 0) is 11.8 Å². The number of benzene rings is 2. The van der Waals surface area contributed by atoms with Crippen LogP contribution >= 0.6 is 11.3 Å². The molecule has 0 saturated heterocycles. The second kappa shape index (κ2) is 7.30. The van der Waals surface area contributed by atoms with Gasteiger partial charge in [0.25, 0.3) is 0 Å². The molecular formula is C25H25F3N2S. The number of halogens is 3. The molecule has 2 aromatic carbocycles. The molecule has 2 nitrogen and oxygen atoms in total. The number of thiophene rings is 1. The van der Waals surface area contributed by atoms with E-state index in [9.17, 15) is 13.2 Å². The van der Waals surface area contributed by atoms with E-state index in [4.69, 9.17) is 0 Å². The summed E-state index contributed by atoms with van der Waals surface area (Å²) in [6, 6.07) is 12.5. The van der Waals surface area contributed by atoms with Crippen molar-refractivity contribution in [2.75, 3.05) is 0 Å². The van der Waals surface area contributed by atoms with Crippen LogP contribution in [0.25, 0.3) is 32.2 Å². The summed E-state index contributed by atoms with van der Waals surface area (Å²) in [6.45, 7) is 9.00. The molecule has 0 fully saturated rings. The first-order chi connectivity index (χ1) is 14.4. The zero-order valence-corrected chi connectivity index (χ0v) is 19.1. The Bertz CT molecular complexity index is 1260. The van der Waals surface area contributed by atoms with Gasteiger partial charge in [0.2, 0.25) is 0 Å². The van der Waals surface area contributed by atoms with Gasteiger partial charge >= 0.3 is 6.18 Å². The average Bonchev–Trinajstić information content (AvgIpc) is 3.08. The van der Waals surface area contributed by atoms with E-state index < -0.39 is 11.6 Å². The van der Waals surface area contributed by atoms with Crippen LogP contribution in [0.15, 0.2) is 48.1 Å². The van der Waals surface area contributed by atoms with Gasteiger partial charge in [-0.25, -0.2) is 9.97 Å². The molecule has 0 bridgehead atoms. The van der Waals surface area contributed by atoms with E-state index >= 15 is 0 Å². The van der Waals surface area contributed by atoms with Crippen LogP contribution in [0.5, 0.6) is 0 Å². The molecule has 0 aliphatic carbocycles. The molecule has 2 aromatic heterocycles. The highest BCUT2D eigenvalue weighted by Gasteiger charge is 2.47. The molecule has 0 aliphatic rings. The van der Waals surface area contributed by atoms with Gasteiger partial charge in [0.05, 0.1) is 21.3 Å². The topological polar surface area (TPSA) is 25.8 Å². The second-order valence-electron chi connectivity index (χ2n) is 9.71. The summed E-state index contributed by atoms with van der Waals surface area (Å²) < 4.78 is 41.2. The summed E-state index contributed by atoms with van der Waals surface area (Å²) >= 11 is 1.41. The third kappa shape index (κ3) is 3.93. The minimum Gasteiger partial charge on any atom is -0.235 e. The summed E-state index contributed by atoms with van der Waals surface area (Å²) in [4.78, 5) is 8.90. The SMILES string of the molecule is CC(C)(C)c1cc(-c2ncnc3c(CC(C)(C)C(F)(F)F)csc23)cc2ccccc12. The van der Waals surface area contributed by atoms with Crippen molar-refractivity contribution in [1.29, 1.82) is 0 Å². The van der Waals surface area contributed by atoms with E-state index in [0.29, 0.717) is 11.1 Å². The number of fused-ring (bicyclic) bond motifs is 2. The number of aromatic nitrogens is 2. The predicted molar refractivity (Wildman–Crippen MR) is 123 cm³/mol. The normalized spacial score (nSPS) is 13.3. The van der Waals surface area contributed by atoms with Gasteiger partial charge < -0.3 is 0 Å². The Kier molecular flexibility index (Phi) is 5.12. The van der Waals surface area contributed by atoms with Crippen LogP contribution in [0.1, 0.15) is 45.7 Å². The standard InChI is InChI=1S/C25H25F3N2S/c1-23(2,3)19-11-16(10-15-8-6-7-9-18(15)19)20-22-21(30-14-29-20)17(13-31-22)12-24(4,5)25(26,27)28/h6-11,13-14H,12H2,1-5H3. The Morgan fingerprint density at radius 2 is 1.65 bits per heavy atom. The summed E-state index contributed by atoms with van der Waals surface area (Å²) in [5.74, 6) is 0. The maximum Gasteiger partial charge on any atom is 0.394 e. The lowest BCUT2D eigenvalue weighted by Crippen LogP contribution is -2.34. The number of hydrogen-bond donors (Lipinski definition) is 0. The van der Waals surface area contributed by atoms with Crippen molar-refractivity contribution < 1.29 is 13.2 Å². The molecular weight excluding hydrogens is 417 g/mol. The molecule has 0 radical (unpaired) electrons. The Hall–Kier alpha value is -2.47. The Labute approximate surface area is 184 Å². The van der Waals surface area contributed by atoms with E-state index in [2.05, 4.69) is 55.0 Å². The van der Waals surface area contributed by atoms with Crippen molar-refractivity contribution in [3.05, 3.63) is 59.2 Å². The highest BCUT2D eigenvalue weighted by molar-refractivity contribution is 7.17. The summed E-state index contributed by atoms with van der Waals surface area (Å²) in [5.41, 5.74) is 2.26. The van der Waals surface area contributed by atoms with E-state index in [1.807, 2.05) is 12.1 Å². The molecule has 31 heavy (non-hydrogen) atoms. The summed E-state index contributed by atoms with van der Waals surface area (Å²) in [6.07, 6.45) is -2.94. The van der Waals surface area contributed by atoms with E-state index in [-0.39, 0.29) is 11.8 Å². The summed E-state index contributed by atoms with van der Waals surface area (Å²) in [7, 11) is 0. The predicted octanol–water partition coefficient (Wildman–Crippen LogP) is 7.94. The zero-order valence-electron chi connectivity index (χ0n) is 18.3. The molecule has 0 unspecified atom stereocenters. The minimum atomic E-state index is -4.28. The molecule has 6 heteroatoms. The van der Waals surface area contributed by atoms with Gasteiger partial charge in [-0.1, -0.05) is 58.9 Å². The maximum absolute atomic E-state index is 13.4. The van der Waals surface area contributed by atoms with E-state index in [0.717, 1.165) is 21.3 Å². The monoisotopic (exact) mass is 442 g/mol. The molecule has 4 rings (SSSR count). The molecule has 0 spiro atoms. The molecule has 0 saturated carbocycles. The third-order valence-corrected chi connectivity index (χ3v) is 6.79. The van der Waals surface area contributed by atoms with Crippen LogP contribution in [-0.4, -0.2) is 16.1 Å². The fourth-order valence-electron chi connectivity index (χ4n) is 3.88. The van der Waals surface area contributed by atoms with Crippen molar-refractivity contribution in [2.24, 2.45) is 5.41 Å². The molecule has 0 aliphatic heterocycles. The third-order valence-electron chi connectivity index (χ3n) is 5.77. The van der Waals surface area contributed by atoms with Gasteiger partial charge in [-0.3, -0.25) is 0 Å². The summed E-state index contributed by atoms with van der Waals surface area (Å²) in [5, 5.41) is 4.11. The molecule has 0 atom stereocenters. The van der Waals surface area contributed by atoms with Crippen molar-refractivity contribution in [1.82, 2.24) is 9.97 Å². The molecule has 2 heterocycles. The fourth-order valence-corrected chi connectivity index (χ4v) is 4.91. The average molecular weight is 443 g/mol. The van der Waals surface area contributed by atoms with Crippen molar-refractivity contribution in [2.45, 2.75) is 52.6 Å². The number of alkyl halides is 3. The van der Waals surface area contributed by atoms with Crippen molar-refractivity contribution >= 4 is 32.3 Å². The molecule has 162 valence electrons. The Morgan fingerprint density at radius 1 is 0.935 bits per heavy atom. The van der Waals surface area contributed by atoms with Crippen LogP contribution in [0.2, 0.25) is 0 Å².